The fourth-order valence-electron chi connectivity index (χ4n) is 1.98. The van der Waals surface area contributed by atoms with Gasteiger partial charge < -0.3 is 10.2 Å². The van der Waals surface area contributed by atoms with Crippen LogP contribution in [0.1, 0.15) is 6.42 Å². The van der Waals surface area contributed by atoms with Crippen molar-refractivity contribution in [1.82, 2.24) is 19.3 Å². The molecule has 0 aromatic carbocycles. The van der Waals surface area contributed by atoms with Crippen LogP contribution in [0.3, 0.4) is 0 Å². The molecule has 1 aromatic heterocycles. The number of hydrogen-bond acceptors (Lipinski definition) is 6. The van der Waals surface area contributed by atoms with E-state index in [9.17, 15) is 18.3 Å². The van der Waals surface area contributed by atoms with E-state index >= 15 is 0 Å². The Labute approximate surface area is 117 Å². The maximum Gasteiger partial charge on any atom is 0.322 e. The van der Waals surface area contributed by atoms with Gasteiger partial charge >= 0.3 is 5.97 Å². The first kappa shape index (κ1) is 14.4. The van der Waals surface area contributed by atoms with Gasteiger partial charge in [-0.15, -0.1) is 5.10 Å². The molecule has 0 unspecified atom stereocenters. The largest absolute Gasteiger partial charge is 0.480 e. The molecule has 1 aliphatic heterocycles. The van der Waals surface area contributed by atoms with Gasteiger partial charge in [-0.3, -0.25) is 4.79 Å². The van der Waals surface area contributed by atoms with Gasteiger partial charge in [0.1, 0.15) is 6.04 Å². The Kier molecular flexibility index (Phi) is 3.64. The molecule has 2 N–H and O–H groups in total. The minimum absolute atomic E-state index is 0.000489. The molecule has 2 heterocycles. The van der Waals surface area contributed by atoms with E-state index in [4.69, 9.17) is 5.11 Å². The van der Waals surface area contributed by atoms with Crippen molar-refractivity contribution < 1.29 is 23.4 Å². The summed E-state index contributed by atoms with van der Waals surface area (Å²) < 4.78 is 26.6. The van der Waals surface area contributed by atoms with Crippen molar-refractivity contribution in [1.29, 1.82) is 0 Å². The molecule has 2 rings (SSSR count). The van der Waals surface area contributed by atoms with Crippen molar-refractivity contribution in [3.8, 4) is 0 Å². The van der Waals surface area contributed by atoms with Crippen LogP contribution in [0.2, 0.25) is 0 Å². The number of sulfonamides is 1. The van der Waals surface area contributed by atoms with E-state index < -0.39 is 28.1 Å². The molecule has 0 saturated carbocycles. The van der Waals surface area contributed by atoms with Crippen LogP contribution in [0.5, 0.6) is 0 Å². The third-order valence-electron chi connectivity index (χ3n) is 2.81. The van der Waals surface area contributed by atoms with E-state index in [1.54, 1.807) is 0 Å². The topological polar surface area (TPSA) is 126 Å². The maximum absolute atomic E-state index is 12.4. The molecular weight excluding hydrogens is 344 g/mol. The molecule has 19 heavy (non-hydrogen) atoms. The molecule has 2 atom stereocenters. The van der Waals surface area contributed by atoms with E-state index in [0.717, 1.165) is 8.99 Å². The number of aliphatic hydroxyl groups is 1. The minimum atomic E-state index is -4.10. The lowest BCUT2D eigenvalue weighted by atomic mass is 10.2. The molecule has 9 nitrogen and oxygen atoms in total. The maximum atomic E-state index is 12.4. The van der Waals surface area contributed by atoms with E-state index in [-0.39, 0.29) is 22.6 Å². The van der Waals surface area contributed by atoms with Crippen LogP contribution >= 0.6 is 15.9 Å². The molecule has 1 aromatic rings. The SMILES string of the molecule is Cn1nnc(Br)c1S(=O)(=O)N1C[C@@H](O)C[C@H]1C(=O)O. The molecule has 1 fully saturated rings. The van der Waals surface area contributed by atoms with Crippen molar-refractivity contribution in [2.24, 2.45) is 7.05 Å². The van der Waals surface area contributed by atoms with Gasteiger partial charge in [-0.25, -0.2) is 13.1 Å². The summed E-state index contributed by atoms with van der Waals surface area (Å²) in [6, 6.07) is -1.29. The summed E-state index contributed by atoms with van der Waals surface area (Å²) in [5.41, 5.74) is 0. The van der Waals surface area contributed by atoms with Crippen molar-refractivity contribution >= 4 is 31.9 Å². The van der Waals surface area contributed by atoms with Crippen LogP contribution in [-0.2, 0) is 21.9 Å². The van der Waals surface area contributed by atoms with Gasteiger partial charge in [0.15, 0.2) is 4.60 Å². The highest BCUT2D eigenvalue weighted by molar-refractivity contribution is 9.10. The Morgan fingerprint density at radius 2 is 2.16 bits per heavy atom. The predicted octanol–water partition coefficient (Wildman–Crippen LogP) is -1.21. The lowest BCUT2D eigenvalue weighted by Crippen LogP contribution is -2.41. The van der Waals surface area contributed by atoms with Gasteiger partial charge in [0, 0.05) is 20.0 Å². The van der Waals surface area contributed by atoms with Crippen LogP contribution in [0.4, 0.5) is 0 Å². The summed E-state index contributed by atoms with van der Waals surface area (Å²) in [7, 11) is -2.72. The number of carboxylic acid groups (broad SMARTS) is 1. The Morgan fingerprint density at radius 3 is 2.63 bits per heavy atom. The molecule has 0 spiro atoms. The number of aryl methyl sites for hydroxylation is 1. The smallest absolute Gasteiger partial charge is 0.322 e. The predicted molar refractivity (Wildman–Crippen MR) is 64.6 cm³/mol. The second-order valence-electron chi connectivity index (χ2n) is 4.13. The zero-order chi connectivity index (χ0) is 14.4. The number of carboxylic acids is 1. The van der Waals surface area contributed by atoms with E-state index in [1.807, 2.05) is 0 Å². The Balaban J connectivity index is 2.48. The monoisotopic (exact) mass is 354 g/mol. The molecule has 106 valence electrons. The Morgan fingerprint density at radius 1 is 1.53 bits per heavy atom. The minimum Gasteiger partial charge on any atom is -0.480 e. The molecule has 11 heteroatoms. The summed E-state index contributed by atoms with van der Waals surface area (Å²) in [6.07, 6.45) is -1.15. The van der Waals surface area contributed by atoms with Gasteiger partial charge in [-0.2, -0.15) is 4.31 Å². The number of nitrogens with zero attached hydrogens (tertiary/aromatic N) is 4. The second kappa shape index (κ2) is 4.81. The highest BCUT2D eigenvalue weighted by atomic mass is 79.9. The van der Waals surface area contributed by atoms with Crippen LogP contribution < -0.4 is 0 Å². The van der Waals surface area contributed by atoms with Crippen molar-refractivity contribution in [3.05, 3.63) is 4.60 Å². The van der Waals surface area contributed by atoms with Gasteiger partial charge in [-0.1, -0.05) is 5.21 Å². The zero-order valence-corrected chi connectivity index (χ0v) is 12.2. The molecular formula is C8H11BrN4O5S. The van der Waals surface area contributed by atoms with Gasteiger partial charge in [0.2, 0.25) is 5.03 Å². The fourth-order valence-corrected chi connectivity index (χ4v) is 4.65. The second-order valence-corrected chi connectivity index (χ2v) is 6.68. The molecule has 0 radical (unpaired) electrons. The number of aromatic nitrogens is 3. The highest BCUT2D eigenvalue weighted by Crippen LogP contribution is 2.29. The third kappa shape index (κ3) is 2.38. The van der Waals surface area contributed by atoms with Crippen LogP contribution in [0.15, 0.2) is 9.63 Å². The van der Waals surface area contributed by atoms with Crippen LogP contribution in [0, 0.1) is 0 Å². The van der Waals surface area contributed by atoms with Crippen LogP contribution in [-0.4, -0.2) is 62.6 Å². The molecule has 0 bridgehead atoms. The van der Waals surface area contributed by atoms with Gasteiger partial charge in [-0.05, 0) is 15.9 Å². The quantitative estimate of drug-likeness (QED) is 0.697. The van der Waals surface area contributed by atoms with Gasteiger partial charge in [0.05, 0.1) is 6.10 Å². The van der Waals surface area contributed by atoms with Crippen molar-refractivity contribution in [3.63, 3.8) is 0 Å². The first-order chi connectivity index (χ1) is 8.75. The standard InChI is InChI=1S/C8H11BrN4O5S/c1-12-7(6(9)10-11-12)19(17,18)13-3-4(14)2-5(13)8(15)16/h4-5,14H,2-3H2,1H3,(H,15,16)/t4-,5-/m0/s1. The van der Waals surface area contributed by atoms with Crippen molar-refractivity contribution in [2.45, 2.75) is 23.6 Å². The molecule has 0 aliphatic carbocycles. The van der Waals surface area contributed by atoms with E-state index in [0.29, 0.717) is 0 Å². The summed E-state index contributed by atoms with van der Waals surface area (Å²) in [6.45, 7) is -0.267. The third-order valence-corrected chi connectivity index (χ3v) is 5.57. The lowest BCUT2D eigenvalue weighted by Gasteiger charge is -2.20. The molecule has 0 amide bonds. The van der Waals surface area contributed by atoms with Gasteiger partial charge in [0.25, 0.3) is 10.0 Å². The van der Waals surface area contributed by atoms with Crippen molar-refractivity contribution in [2.75, 3.05) is 6.54 Å². The van der Waals surface area contributed by atoms with E-state index in [1.165, 1.54) is 7.05 Å². The number of halogens is 1. The fraction of sp³-hybridized carbons (Fsp3) is 0.625. The Hall–Kier alpha value is -1.04. The Bertz CT molecular complexity index is 595. The summed E-state index contributed by atoms with van der Waals surface area (Å²) >= 11 is 2.96. The lowest BCUT2D eigenvalue weighted by molar-refractivity contribution is -0.140. The summed E-state index contributed by atoms with van der Waals surface area (Å²) in [4.78, 5) is 11.1. The number of aliphatic hydroxyl groups excluding tert-OH is 1. The molecule has 1 aliphatic rings. The number of aliphatic carboxylic acids is 1. The first-order valence-corrected chi connectivity index (χ1v) is 7.46. The highest BCUT2D eigenvalue weighted by Gasteiger charge is 2.45. The normalized spacial score (nSPS) is 24.8. The summed E-state index contributed by atoms with van der Waals surface area (Å²) in [5.74, 6) is -1.30. The first-order valence-electron chi connectivity index (χ1n) is 5.23. The summed E-state index contributed by atoms with van der Waals surface area (Å²) in [5, 5.41) is 25.4. The number of rotatable bonds is 3. The average molecular weight is 355 g/mol. The van der Waals surface area contributed by atoms with E-state index in [2.05, 4.69) is 26.2 Å². The van der Waals surface area contributed by atoms with Crippen LogP contribution in [0.25, 0.3) is 0 Å². The number of β-amino-alcohol motifs (C(OH)–C–C–N with tert-alkyl or cyclic N) is 1. The number of carbonyl (C=O) groups is 1. The average Bonchev–Trinajstić information content (AvgIpc) is 2.83. The number of hydrogen-bond donors (Lipinski definition) is 2. The zero-order valence-electron chi connectivity index (χ0n) is 9.76. The molecule has 1 saturated heterocycles.